The molecule has 31 heavy (non-hydrogen) atoms. The van der Waals surface area contributed by atoms with E-state index in [0.29, 0.717) is 35.1 Å². The number of benzene rings is 1. The van der Waals surface area contributed by atoms with Crippen LogP contribution in [0.1, 0.15) is 42.9 Å². The van der Waals surface area contributed by atoms with E-state index in [1.165, 1.54) is 0 Å². The summed E-state index contributed by atoms with van der Waals surface area (Å²) in [5.74, 6) is 0.562. The molecule has 2 atom stereocenters. The van der Waals surface area contributed by atoms with Gasteiger partial charge in [-0.1, -0.05) is 25.0 Å². The van der Waals surface area contributed by atoms with Crippen molar-refractivity contribution in [2.24, 2.45) is 0 Å². The maximum atomic E-state index is 13.5. The molecule has 3 heterocycles. The lowest BCUT2D eigenvalue weighted by atomic mass is 9.92. The average molecular weight is 416 g/mol. The zero-order valence-corrected chi connectivity index (χ0v) is 17.4. The van der Waals surface area contributed by atoms with Gasteiger partial charge in [0.1, 0.15) is 5.52 Å². The van der Waals surface area contributed by atoms with Gasteiger partial charge in [0.15, 0.2) is 0 Å². The molecule has 3 aromatic heterocycles. The van der Waals surface area contributed by atoms with Crippen LogP contribution < -0.4 is 10.3 Å². The number of hydrogen-bond acceptors (Lipinski definition) is 6. The molecule has 1 saturated carbocycles. The van der Waals surface area contributed by atoms with Gasteiger partial charge in [-0.2, -0.15) is 0 Å². The van der Waals surface area contributed by atoms with E-state index in [9.17, 15) is 9.90 Å². The van der Waals surface area contributed by atoms with E-state index in [1.54, 1.807) is 30.4 Å². The number of pyridine rings is 2. The number of hydrogen-bond donors (Lipinski definition) is 1. The second-order valence-electron chi connectivity index (χ2n) is 8.09. The molecule has 5 rings (SSSR count). The standard InChI is InChI=1S/C24H24N4O3/c1-31-21-9-8-15(13-26-21)11-16-12-18-23(22-17(16)5-4-10-25-22)27-14-28(24(18)30)19-6-2-3-7-20(19)29/h4-5,8-10,12-14,19-20,29H,2-3,6-7,11H2,1H3/t19-,20-/m0/s1. The quantitative estimate of drug-likeness (QED) is 0.513. The summed E-state index contributed by atoms with van der Waals surface area (Å²) in [5.41, 5.74) is 3.18. The van der Waals surface area contributed by atoms with E-state index in [1.807, 2.05) is 30.3 Å². The Bertz CT molecular complexity index is 1300. The summed E-state index contributed by atoms with van der Waals surface area (Å²) < 4.78 is 6.76. The van der Waals surface area contributed by atoms with Gasteiger partial charge >= 0.3 is 0 Å². The van der Waals surface area contributed by atoms with Gasteiger partial charge in [-0.25, -0.2) is 9.97 Å². The number of aliphatic hydroxyl groups is 1. The molecule has 0 amide bonds. The molecule has 0 radical (unpaired) electrons. The molecule has 1 aliphatic carbocycles. The van der Waals surface area contributed by atoms with Crippen molar-refractivity contribution in [1.82, 2.24) is 19.5 Å². The van der Waals surface area contributed by atoms with Crippen LogP contribution in [-0.4, -0.2) is 37.8 Å². The van der Waals surface area contributed by atoms with Gasteiger partial charge in [-0.05, 0) is 42.5 Å². The first-order valence-electron chi connectivity index (χ1n) is 10.6. The molecular formula is C24H24N4O3. The van der Waals surface area contributed by atoms with E-state index in [2.05, 4.69) is 15.0 Å². The van der Waals surface area contributed by atoms with Crippen LogP contribution in [-0.2, 0) is 6.42 Å². The summed E-state index contributed by atoms with van der Waals surface area (Å²) in [7, 11) is 1.59. The highest BCUT2D eigenvalue weighted by atomic mass is 16.5. The molecule has 1 aromatic carbocycles. The van der Waals surface area contributed by atoms with Crippen LogP contribution >= 0.6 is 0 Å². The third kappa shape index (κ3) is 3.55. The van der Waals surface area contributed by atoms with Gasteiger partial charge in [0, 0.05) is 23.8 Å². The van der Waals surface area contributed by atoms with E-state index in [4.69, 9.17) is 4.74 Å². The van der Waals surface area contributed by atoms with Crippen molar-refractivity contribution in [3.8, 4) is 5.88 Å². The Balaban J connectivity index is 1.67. The summed E-state index contributed by atoms with van der Waals surface area (Å²) in [6.45, 7) is 0. The predicted molar refractivity (Wildman–Crippen MR) is 118 cm³/mol. The second kappa shape index (κ2) is 8.07. The summed E-state index contributed by atoms with van der Waals surface area (Å²) in [6.07, 6.45) is 8.65. The van der Waals surface area contributed by atoms with Crippen molar-refractivity contribution in [1.29, 1.82) is 0 Å². The molecule has 0 bridgehead atoms. The Labute approximate surface area is 179 Å². The van der Waals surface area contributed by atoms with Crippen LogP contribution in [0, 0.1) is 0 Å². The van der Waals surface area contributed by atoms with Gasteiger partial charge in [0.2, 0.25) is 5.88 Å². The SMILES string of the molecule is COc1ccc(Cc2cc3c(=O)n([C@H]4CCCC[C@@H]4O)cnc3c3ncccc23)cn1. The number of ether oxygens (including phenoxy) is 1. The van der Waals surface area contributed by atoms with Gasteiger partial charge in [-0.15, -0.1) is 0 Å². The van der Waals surface area contributed by atoms with Gasteiger partial charge in [0.25, 0.3) is 5.56 Å². The summed E-state index contributed by atoms with van der Waals surface area (Å²) in [5, 5.41) is 12.0. The minimum absolute atomic E-state index is 0.127. The lowest BCUT2D eigenvalue weighted by Crippen LogP contribution is -2.34. The van der Waals surface area contributed by atoms with Crippen LogP contribution in [0.5, 0.6) is 5.88 Å². The van der Waals surface area contributed by atoms with E-state index < -0.39 is 6.10 Å². The number of aliphatic hydroxyl groups excluding tert-OH is 1. The zero-order chi connectivity index (χ0) is 21.4. The first-order chi connectivity index (χ1) is 15.2. The van der Waals surface area contributed by atoms with Crippen LogP contribution in [0.3, 0.4) is 0 Å². The fourth-order valence-electron chi connectivity index (χ4n) is 4.56. The Morgan fingerprint density at radius 2 is 1.94 bits per heavy atom. The van der Waals surface area contributed by atoms with Crippen molar-refractivity contribution in [3.05, 3.63) is 70.5 Å². The lowest BCUT2D eigenvalue weighted by Gasteiger charge is -2.29. The first kappa shape index (κ1) is 19.6. The highest BCUT2D eigenvalue weighted by molar-refractivity contribution is 6.04. The smallest absolute Gasteiger partial charge is 0.261 e. The van der Waals surface area contributed by atoms with E-state index in [-0.39, 0.29) is 11.6 Å². The summed E-state index contributed by atoms with van der Waals surface area (Å²) in [6, 6.07) is 9.39. The van der Waals surface area contributed by atoms with Crippen molar-refractivity contribution >= 4 is 21.8 Å². The Kier molecular flexibility index (Phi) is 5.11. The van der Waals surface area contributed by atoms with Crippen LogP contribution in [0.2, 0.25) is 0 Å². The molecule has 0 aliphatic heterocycles. The Morgan fingerprint density at radius 1 is 1.10 bits per heavy atom. The third-order valence-corrected chi connectivity index (χ3v) is 6.18. The van der Waals surface area contributed by atoms with E-state index in [0.717, 1.165) is 35.8 Å². The number of fused-ring (bicyclic) bond motifs is 3. The average Bonchev–Trinajstić information content (AvgIpc) is 2.81. The third-order valence-electron chi connectivity index (χ3n) is 6.18. The topological polar surface area (TPSA) is 90.1 Å². The molecular weight excluding hydrogens is 392 g/mol. The summed E-state index contributed by atoms with van der Waals surface area (Å²) >= 11 is 0. The maximum Gasteiger partial charge on any atom is 0.261 e. The monoisotopic (exact) mass is 416 g/mol. The zero-order valence-electron chi connectivity index (χ0n) is 17.4. The van der Waals surface area contributed by atoms with Gasteiger partial charge < -0.3 is 9.84 Å². The molecule has 1 aliphatic rings. The molecule has 1 fully saturated rings. The largest absolute Gasteiger partial charge is 0.481 e. The number of nitrogens with zero attached hydrogens (tertiary/aromatic N) is 4. The fraction of sp³-hybridized carbons (Fsp3) is 0.333. The molecule has 7 heteroatoms. The minimum atomic E-state index is -0.519. The normalized spacial score (nSPS) is 19.0. The molecule has 1 N–H and O–H groups in total. The number of methoxy groups -OCH3 is 1. The van der Waals surface area contributed by atoms with Gasteiger partial charge in [0.05, 0.1) is 36.5 Å². The molecule has 158 valence electrons. The Hall–Kier alpha value is -3.32. The first-order valence-corrected chi connectivity index (χ1v) is 10.6. The van der Waals surface area contributed by atoms with Gasteiger partial charge in [-0.3, -0.25) is 14.3 Å². The van der Waals surface area contributed by atoms with Crippen molar-refractivity contribution in [2.45, 2.75) is 44.2 Å². The van der Waals surface area contributed by atoms with Crippen molar-refractivity contribution < 1.29 is 9.84 Å². The lowest BCUT2D eigenvalue weighted by molar-refractivity contribution is 0.0735. The molecule has 0 unspecified atom stereocenters. The molecule has 7 nitrogen and oxygen atoms in total. The number of rotatable bonds is 4. The molecule has 0 saturated heterocycles. The van der Waals surface area contributed by atoms with Crippen molar-refractivity contribution in [3.63, 3.8) is 0 Å². The summed E-state index contributed by atoms with van der Waals surface area (Å²) in [4.78, 5) is 26.9. The maximum absolute atomic E-state index is 13.5. The minimum Gasteiger partial charge on any atom is -0.481 e. The Morgan fingerprint density at radius 3 is 2.71 bits per heavy atom. The predicted octanol–water partition coefficient (Wildman–Crippen LogP) is 3.42. The molecule has 4 aromatic rings. The fourth-order valence-corrected chi connectivity index (χ4v) is 4.56. The highest BCUT2D eigenvalue weighted by Gasteiger charge is 2.26. The van der Waals surface area contributed by atoms with Crippen LogP contribution in [0.4, 0.5) is 0 Å². The second-order valence-corrected chi connectivity index (χ2v) is 8.09. The number of aromatic nitrogens is 4. The van der Waals surface area contributed by atoms with Crippen LogP contribution in [0.25, 0.3) is 21.8 Å². The molecule has 0 spiro atoms. The van der Waals surface area contributed by atoms with E-state index >= 15 is 0 Å². The van der Waals surface area contributed by atoms with Crippen molar-refractivity contribution in [2.75, 3.05) is 7.11 Å². The highest BCUT2D eigenvalue weighted by Crippen LogP contribution is 2.30. The van der Waals surface area contributed by atoms with Crippen LogP contribution in [0.15, 0.2) is 53.8 Å².